The van der Waals surface area contributed by atoms with Crippen LogP contribution in [0.15, 0.2) is 42.5 Å². The molecule has 1 aliphatic rings. The number of methoxy groups -OCH3 is 1. The van der Waals surface area contributed by atoms with Gasteiger partial charge in [0.05, 0.1) is 18.0 Å². The average molecular weight is 390 g/mol. The molecule has 140 valence electrons. The molecule has 1 saturated heterocycles. The Bertz CT molecular complexity index is 918. The van der Waals surface area contributed by atoms with E-state index in [4.69, 9.17) is 16.3 Å². The number of amides is 2. The Kier molecular flexibility index (Phi) is 5.27. The Labute approximate surface area is 159 Å². The van der Waals surface area contributed by atoms with E-state index >= 15 is 0 Å². The maximum atomic E-state index is 12.6. The van der Waals surface area contributed by atoms with Crippen LogP contribution in [0, 0.1) is 16.0 Å². The first-order valence-corrected chi connectivity index (χ1v) is 8.46. The molecule has 2 aromatic rings. The fourth-order valence-electron chi connectivity index (χ4n) is 2.91. The normalized spacial score (nSPS) is 16.3. The summed E-state index contributed by atoms with van der Waals surface area (Å²) in [7, 11) is 1.42. The van der Waals surface area contributed by atoms with Gasteiger partial charge in [-0.25, -0.2) is 0 Å². The predicted octanol–water partition coefficient (Wildman–Crippen LogP) is 3.25. The summed E-state index contributed by atoms with van der Waals surface area (Å²) < 4.78 is 5.05. The van der Waals surface area contributed by atoms with Crippen molar-refractivity contribution in [1.29, 1.82) is 0 Å². The van der Waals surface area contributed by atoms with Crippen LogP contribution in [-0.2, 0) is 9.59 Å². The molecule has 1 fully saturated rings. The fourth-order valence-corrected chi connectivity index (χ4v) is 3.10. The number of ether oxygens (including phenoxy) is 1. The molecular formula is C18H16ClN3O5. The highest BCUT2D eigenvalue weighted by molar-refractivity contribution is 6.31. The van der Waals surface area contributed by atoms with Crippen LogP contribution in [0.1, 0.15) is 6.42 Å². The van der Waals surface area contributed by atoms with Crippen LogP contribution in [0.2, 0.25) is 5.02 Å². The molecule has 27 heavy (non-hydrogen) atoms. The van der Waals surface area contributed by atoms with Crippen molar-refractivity contribution in [2.45, 2.75) is 6.42 Å². The summed E-state index contributed by atoms with van der Waals surface area (Å²) in [5, 5.41) is 14.2. The largest absolute Gasteiger partial charge is 0.497 e. The number of anilines is 2. The topological polar surface area (TPSA) is 102 Å². The second kappa shape index (κ2) is 7.63. The van der Waals surface area contributed by atoms with Crippen molar-refractivity contribution in [3.05, 3.63) is 57.6 Å². The smallest absolute Gasteiger partial charge is 0.293 e. The molecule has 0 saturated carbocycles. The molecule has 1 atom stereocenters. The fraction of sp³-hybridized carbons (Fsp3) is 0.222. The minimum Gasteiger partial charge on any atom is -0.497 e. The first kappa shape index (κ1) is 18.7. The quantitative estimate of drug-likeness (QED) is 0.624. The molecule has 0 aliphatic carbocycles. The average Bonchev–Trinajstić information content (AvgIpc) is 3.03. The van der Waals surface area contributed by atoms with Crippen molar-refractivity contribution in [2.75, 3.05) is 23.9 Å². The monoisotopic (exact) mass is 389 g/mol. The molecule has 2 aromatic carbocycles. The highest BCUT2D eigenvalue weighted by Gasteiger charge is 2.36. The zero-order valence-corrected chi connectivity index (χ0v) is 15.1. The van der Waals surface area contributed by atoms with Crippen LogP contribution >= 0.6 is 11.6 Å². The molecular weight excluding hydrogens is 374 g/mol. The van der Waals surface area contributed by atoms with Gasteiger partial charge in [0.1, 0.15) is 11.4 Å². The third kappa shape index (κ3) is 4.01. The molecule has 0 unspecified atom stereocenters. The van der Waals surface area contributed by atoms with E-state index in [2.05, 4.69) is 5.32 Å². The number of benzene rings is 2. The first-order valence-electron chi connectivity index (χ1n) is 8.08. The van der Waals surface area contributed by atoms with E-state index in [9.17, 15) is 19.7 Å². The second-order valence-corrected chi connectivity index (χ2v) is 6.45. The van der Waals surface area contributed by atoms with E-state index in [0.29, 0.717) is 16.5 Å². The van der Waals surface area contributed by atoms with Crippen molar-refractivity contribution >= 4 is 40.5 Å². The maximum Gasteiger partial charge on any atom is 0.293 e. The molecule has 1 heterocycles. The van der Waals surface area contributed by atoms with Crippen LogP contribution in [0.3, 0.4) is 0 Å². The molecule has 3 rings (SSSR count). The zero-order chi connectivity index (χ0) is 19.6. The summed E-state index contributed by atoms with van der Waals surface area (Å²) >= 11 is 5.96. The van der Waals surface area contributed by atoms with Crippen LogP contribution in [0.5, 0.6) is 5.75 Å². The third-order valence-electron chi connectivity index (χ3n) is 4.27. The summed E-state index contributed by atoms with van der Waals surface area (Å²) in [6.45, 7) is 0.169. The number of nitrogens with zero attached hydrogens (tertiary/aromatic N) is 2. The Morgan fingerprint density at radius 3 is 2.78 bits per heavy atom. The van der Waals surface area contributed by atoms with Crippen LogP contribution < -0.4 is 15.0 Å². The zero-order valence-electron chi connectivity index (χ0n) is 14.3. The van der Waals surface area contributed by atoms with E-state index in [1.807, 2.05) is 0 Å². The Hall–Kier alpha value is -3.13. The summed E-state index contributed by atoms with van der Waals surface area (Å²) in [4.78, 5) is 37.0. The highest BCUT2D eigenvalue weighted by Crippen LogP contribution is 2.31. The van der Waals surface area contributed by atoms with Crippen LogP contribution in [-0.4, -0.2) is 30.4 Å². The molecule has 0 aromatic heterocycles. The molecule has 0 bridgehead atoms. The van der Waals surface area contributed by atoms with Gasteiger partial charge in [-0.2, -0.15) is 0 Å². The van der Waals surface area contributed by atoms with Crippen molar-refractivity contribution in [1.82, 2.24) is 0 Å². The van der Waals surface area contributed by atoms with E-state index in [1.165, 1.54) is 30.2 Å². The Balaban J connectivity index is 1.78. The molecule has 1 N–H and O–H groups in total. The van der Waals surface area contributed by atoms with Gasteiger partial charge in [0.2, 0.25) is 11.8 Å². The summed E-state index contributed by atoms with van der Waals surface area (Å²) in [6, 6.07) is 10.9. The van der Waals surface area contributed by atoms with Crippen molar-refractivity contribution < 1.29 is 19.2 Å². The lowest BCUT2D eigenvalue weighted by Crippen LogP contribution is -2.28. The van der Waals surface area contributed by atoms with Gasteiger partial charge in [-0.3, -0.25) is 19.7 Å². The van der Waals surface area contributed by atoms with Crippen LogP contribution in [0.25, 0.3) is 0 Å². The number of carbonyl (C=O) groups excluding carboxylic acids is 2. The maximum absolute atomic E-state index is 12.6. The lowest BCUT2D eigenvalue weighted by Gasteiger charge is -2.17. The number of nitro benzene ring substituents is 1. The van der Waals surface area contributed by atoms with E-state index in [1.54, 1.807) is 24.3 Å². The van der Waals surface area contributed by atoms with Gasteiger partial charge in [-0.05, 0) is 24.3 Å². The highest BCUT2D eigenvalue weighted by atomic mass is 35.5. The minimum absolute atomic E-state index is 0.0100. The standard InChI is InChI=1S/C18H16ClN3O5/c1-27-14-5-6-16(22(25)26)15(9-14)20-18(24)11-7-17(23)21(10-11)13-4-2-3-12(19)8-13/h2-6,8-9,11H,7,10H2,1H3,(H,20,24)/t11-/m1/s1. The van der Waals surface area contributed by atoms with E-state index in [0.717, 1.165) is 0 Å². The molecule has 0 radical (unpaired) electrons. The van der Waals surface area contributed by atoms with E-state index < -0.39 is 16.7 Å². The van der Waals surface area contributed by atoms with Crippen molar-refractivity contribution in [3.63, 3.8) is 0 Å². The summed E-state index contributed by atoms with van der Waals surface area (Å²) in [5.74, 6) is -0.942. The Morgan fingerprint density at radius 1 is 1.33 bits per heavy atom. The SMILES string of the molecule is COc1ccc([N+](=O)[O-])c(NC(=O)[C@@H]2CC(=O)N(c3cccc(Cl)c3)C2)c1. The molecule has 0 spiro atoms. The van der Waals surface area contributed by atoms with Gasteiger partial charge in [0, 0.05) is 35.8 Å². The van der Waals surface area contributed by atoms with Crippen molar-refractivity contribution in [2.24, 2.45) is 5.92 Å². The van der Waals surface area contributed by atoms with Gasteiger partial charge < -0.3 is 15.0 Å². The second-order valence-electron chi connectivity index (χ2n) is 6.01. The molecule has 9 heteroatoms. The number of hydrogen-bond acceptors (Lipinski definition) is 5. The predicted molar refractivity (Wildman–Crippen MR) is 100 cm³/mol. The molecule has 8 nitrogen and oxygen atoms in total. The number of halogens is 1. The van der Waals surface area contributed by atoms with Crippen molar-refractivity contribution in [3.8, 4) is 5.75 Å². The summed E-state index contributed by atoms with van der Waals surface area (Å²) in [6.07, 6.45) is 0.0100. The minimum atomic E-state index is -0.637. The first-order chi connectivity index (χ1) is 12.9. The molecule has 2 amide bonds. The number of nitrogens with one attached hydrogen (secondary N) is 1. The Morgan fingerprint density at radius 2 is 2.11 bits per heavy atom. The number of carbonyl (C=O) groups is 2. The van der Waals surface area contributed by atoms with Crippen LogP contribution in [0.4, 0.5) is 17.1 Å². The number of nitro groups is 1. The van der Waals surface area contributed by atoms with Gasteiger partial charge >= 0.3 is 0 Å². The van der Waals surface area contributed by atoms with Gasteiger partial charge in [-0.15, -0.1) is 0 Å². The van der Waals surface area contributed by atoms with Gasteiger partial charge in [0.25, 0.3) is 5.69 Å². The number of hydrogen-bond donors (Lipinski definition) is 1. The third-order valence-corrected chi connectivity index (χ3v) is 4.51. The summed E-state index contributed by atoms with van der Waals surface area (Å²) in [5.41, 5.74) is 0.383. The van der Waals surface area contributed by atoms with E-state index in [-0.39, 0.29) is 30.2 Å². The lowest BCUT2D eigenvalue weighted by molar-refractivity contribution is -0.383. The number of rotatable bonds is 5. The molecule has 1 aliphatic heterocycles. The van der Waals surface area contributed by atoms with Gasteiger partial charge in [0.15, 0.2) is 0 Å². The lowest BCUT2D eigenvalue weighted by atomic mass is 10.1. The van der Waals surface area contributed by atoms with Gasteiger partial charge in [-0.1, -0.05) is 17.7 Å².